The van der Waals surface area contributed by atoms with E-state index in [2.05, 4.69) is 35.1 Å². The molecule has 21 heavy (non-hydrogen) atoms. The van der Waals surface area contributed by atoms with Gasteiger partial charge in [0.25, 0.3) is 0 Å². The minimum Gasteiger partial charge on any atom is -0.377 e. The van der Waals surface area contributed by atoms with Crippen molar-refractivity contribution < 1.29 is 4.74 Å². The Morgan fingerprint density at radius 1 is 1.52 bits per heavy atom. The van der Waals surface area contributed by atoms with Crippen LogP contribution in [0.25, 0.3) is 0 Å². The molecule has 1 N–H and O–H groups in total. The molecule has 0 aromatic heterocycles. The van der Waals surface area contributed by atoms with Gasteiger partial charge in [0, 0.05) is 26.7 Å². The van der Waals surface area contributed by atoms with Crippen molar-refractivity contribution in [2.45, 2.75) is 39.5 Å². The predicted octanol–water partition coefficient (Wildman–Crippen LogP) is 2.67. The van der Waals surface area contributed by atoms with Crippen molar-refractivity contribution in [3.8, 4) is 0 Å². The Hall–Kier alpha value is -1.03. The van der Waals surface area contributed by atoms with Crippen molar-refractivity contribution in [2.24, 2.45) is 16.8 Å². The van der Waals surface area contributed by atoms with Gasteiger partial charge in [-0.25, -0.2) is 0 Å². The summed E-state index contributed by atoms with van der Waals surface area (Å²) in [6.07, 6.45) is 7.05. The number of hydrogen-bond acceptors (Lipinski definition) is 2. The van der Waals surface area contributed by atoms with Gasteiger partial charge in [-0.15, -0.1) is 0 Å². The van der Waals surface area contributed by atoms with Gasteiger partial charge in [0.05, 0.1) is 13.2 Å². The highest BCUT2D eigenvalue weighted by atomic mass is 16.5. The highest BCUT2D eigenvalue weighted by Gasteiger charge is 2.25. The molecule has 0 aliphatic carbocycles. The quantitative estimate of drug-likeness (QED) is 0.481. The molecule has 0 bridgehead atoms. The molecule has 0 aromatic rings. The zero-order valence-corrected chi connectivity index (χ0v) is 13.9. The molecule has 4 heteroatoms. The molecule has 0 unspecified atom stereocenters. The van der Waals surface area contributed by atoms with E-state index in [1.165, 1.54) is 18.4 Å². The van der Waals surface area contributed by atoms with Gasteiger partial charge in [-0.2, -0.15) is 0 Å². The van der Waals surface area contributed by atoms with Gasteiger partial charge in [0.2, 0.25) is 0 Å². The molecule has 2 heterocycles. The van der Waals surface area contributed by atoms with Gasteiger partial charge in [-0.1, -0.05) is 25.5 Å². The first kappa shape index (κ1) is 16.3. The van der Waals surface area contributed by atoms with Crippen LogP contribution in [0.3, 0.4) is 0 Å². The number of ether oxygens (including phenoxy) is 1. The van der Waals surface area contributed by atoms with Crippen LogP contribution < -0.4 is 5.32 Å². The van der Waals surface area contributed by atoms with Crippen LogP contribution in [0.4, 0.5) is 0 Å². The molecule has 0 radical (unpaired) electrons. The van der Waals surface area contributed by atoms with Crippen molar-refractivity contribution in [3.63, 3.8) is 0 Å². The fourth-order valence-corrected chi connectivity index (χ4v) is 3.34. The average Bonchev–Trinajstić information content (AvgIpc) is 2.92. The van der Waals surface area contributed by atoms with Crippen molar-refractivity contribution in [1.82, 2.24) is 10.2 Å². The lowest BCUT2D eigenvalue weighted by molar-refractivity contribution is 0.153. The Morgan fingerprint density at radius 2 is 2.38 bits per heavy atom. The summed E-state index contributed by atoms with van der Waals surface area (Å²) in [4.78, 5) is 6.88. The largest absolute Gasteiger partial charge is 0.377 e. The second kappa shape index (κ2) is 8.42. The molecule has 1 saturated heterocycles. The molecular weight excluding hydrogens is 262 g/mol. The van der Waals surface area contributed by atoms with Crippen molar-refractivity contribution >= 4 is 5.96 Å². The van der Waals surface area contributed by atoms with E-state index in [9.17, 15) is 0 Å². The van der Waals surface area contributed by atoms with E-state index in [1.54, 1.807) is 0 Å². The standard InChI is InChI=1S/C17H31N3O/c1-14(2)12-16-5-9-20(13-16)17(18-3)19-8-4-15-6-10-21-11-7-15/h6,14,16H,4-5,7-13H2,1-3H3,(H,18,19)/t16-/m1/s1. The molecule has 0 aromatic carbocycles. The van der Waals surface area contributed by atoms with Crippen LogP contribution in [-0.4, -0.2) is 50.8 Å². The summed E-state index contributed by atoms with van der Waals surface area (Å²) in [7, 11) is 1.89. The highest BCUT2D eigenvalue weighted by molar-refractivity contribution is 5.80. The van der Waals surface area contributed by atoms with E-state index < -0.39 is 0 Å². The lowest BCUT2D eigenvalue weighted by atomic mass is 9.97. The van der Waals surface area contributed by atoms with Gasteiger partial charge >= 0.3 is 0 Å². The number of likely N-dealkylation sites (tertiary alicyclic amines) is 1. The van der Waals surface area contributed by atoms with Crippen LogP contribution in [0.15, 0.2) is 16.6 Å². The van der Waals surface area contributed by atoms with Crippen LogP contribution >= 0.6 is 0 Å². The highest BCUT2D eigenvalue weighted by Crippen LogP contribution is 2.23. The summed E-state index contributed by atoms with van der Waals surface area (Å²) in [5, 5.41) is 3.53. The zero-order valence-electron chi connectivity index (χ0n) is 13.9. The molecule has 0 amide bonds. The first-order chi connectivity index (χ1) is 10.2. The maximum Gasteiger partial charge on any atom is 0.193 e. The number of rotatable bonds is 5. The Kier molecular flexibility index (Phi) is 6.55. The van der Waals surface area contributed by atoms with Gasteiger partial charge in [0.1, 0.15) is 0 Å². The zero-order chi connectivity index (χ0) is 15.1. The molecule has 2 rings (SSSR count). The monoisotopic (exact) mass is 293 g/mol. The first-order valence-electron chi connectivity index (χ1n) is 8.40. The molecule has 1 fully saturated rings. The minimum atomic E-state index is 0.785. The Morgan fingerprint density at radius 3 is 3.05 bits per heavy atom. The Bertz CT molecular complexity index is 376. The van der Waals surface area contributed by atoms with Crippen molar-refractivity contribution in [1.29, 1.82) is 0 Å². The molecule has 120 valence electrons. The van der Waals surface area contributed by atoms with Gasteiger partial charge < -0.3 is 15.0 Å². The lowest BCUT2D eigenvalue weighted by Gasteiger charge is -2.22. The maximum atomic E-state index is 5.34. The number of hydrogen-bond donors (Lipinski definition) is 1. The fraction of sp³-hybridized carbons (Fsp3) is 0.824. The van der Waals surface area contributed by atoms with Gasteiger partial charge in [0.15, 0.2) is 5.96 Å². The third-order valence-corrected chi connectivity index (χ3v) is 4.39. The van der Waals surface area contributed by atoms with Crippen LogP contribution in [0.2, 0.25) is 0 Å². The van der Waals surface area contributed by atoms with Gasteiger partial charge in [-0.3, -0.25) is 4.99 Å². The van der Waals surface area contributed by atoms with Crippen molar-refractivity contribution in [3.05, 3.63) is 11.6 Å². The summed E-state index contributed by atoms with van der Waals surface area (Å²) >= 11 is 0. The second-order valence-corrected chi connectivity index (χ2v) is 6.64. The normalized spacial score (nSPS) is 23.6. The molecular formula is C17H31N3O. The van der Waals surface area contributed by atoms with Crippen LogP contribution in [-0.2, 0) is 4.74 Å². The lowest BCUT2D eigenvalue weighted by Crippen LogP contribution is -2.40. The van der Waals surface area contributed by atoms with E-state index in [0.29, 0.717) is 0 Å². The first-order valence-corrected chi connectivity index (χ1v) is 8.40. The van der Waals surface area contributed by atoms with Crippen LogP contribution in [0.5, 0.6) is 0 Å². The summed E-state index contributed by atoms with van der Waals surface area (Å²) in [5.74, 6) is 2.71. The molecule has 0 spiro atoms. The predicted molar refractivity (Wildman–Crippen MR) is 88.6 cm³/mol. The fourth-order valence-electron chi connectivity index (χ4n) is 3.34. The number of guanidine groups is 1. The molecule has 2 aliphatic rings. The molecule has 2 aliphatic heterocycles. The summed E-state index contributed by atoms with van der Waals surface area (Å²) in [6, 6.07) is 0. The topological polar surface area (TPSA) is 36.9 Å². The maximum absolute atomic E-state index is 5.34. The van der Waals surface area contributed by atoms with E-state index in [-0.39, 0.29) is 0 Å². The van der Waals surface area contributed by atoms with Crippen LogP contribution in [0.1, 0.15) is 39.5 Å². The molecule has 4 nitrogen and oxygen atoms in total. The van der Waals surface area contributed by atoms with E-state index in [0.717, 1.165) is 63.5 Å². The van der Waals surface area contributed by atoms with E-state index >= 15 is 0 Å². The Balaban J connectivity index is 1.72. The number of aliphatic imine (C=N–C) groups is 1. The second-order valence-electron chi connectivity index (χ2n) is 6.64. The number of nitrogens with one attached hydrogen (secondary N) is 1. The summed E-state index contributed by atoms with van der Waals surface area (Å²) in [6.45, 7) is 9.58. The van der Waals surface area contributed by atoms with Gasteiger partial charge in [-0.05, 0) is 37.5 Å². The molecule has 0 saturated carbocycles. The van der Waals surface area contributed by atoms with E-state index in [1.807, 2.05) is 7.05 Å². The third-order valence-electron chi connectivity index (χ3n) is 4.39. The SMILES string of the molecule is CN=C(NCCC1=CCOCC1)N1CC[C@H](CC(C)C)C1. The molecule has 1 atom stereocenters. The third kappa shape index (κ3) is 5.34. The summed E-state index contributed by atoms with van der Waals surface area (Å²) < 4.78 is 5.34. The van der Waals surface area contributed by atoms with Crippen molar-refractivity contribution in [2.75, 3.05) is 39.9 Å². The average molecular weight is 293 g/mol. The Labute approximate surface area is 129 Å². The van der Waals surface area contributed by atoms with E-state index in [4.69, 9.17) is 4.74 Å². The minimum absolute atomic E-state index is 0.785. The number of nitrogens with zero attached hydrogens (tertiary/aromatic N) is 2. The smallest absolute Gasteiger partial charge is 0.193 e. The summed E-state index contributed by atoms with van der Waals surface area (Å²) in [5.41, 5.74) is 1.52. The van der Waals surface area contributed by atoms with Crippen LogP contribution in [0, 0.1) is 11.8 Å².